The lowest BCUT2D eigenvalue weighted by molar-refractivity contribution is -0.116. The monoisotopic (exact) mass is 425 g/mol. The number of hydrogen-bond donors (Lipinski definition) is 2. The molecule has 3 aromatic rings. The topological polar surface area (TPSA) is 78.5 Å². The third-order valence-corrected chi connectivity index (χ3v) is 5.32. The largest absolute Gasteiger partial charge is 0.325 e. The van der Waals surface area contributed by atoms with Gasteiger partial charge in [0.25, 0.3) is 11.8 Å². The number of amides is 3. The van der Waals surface area contributed by atoms with Gasteiger partial charge in [0.05, 0.1) is 11.3 Å². The first-order valence-corrected chi connectivity index (χ1v) is 10.3. The number of carbonyl (C=O) groups excluding carboxylic acids is 3. The molecular weight excluding hydrogens is 402 g/mol. The number of fused-ring (bicyclic) bond motifs is 1. The normalized spacial score (nSPS) is 12.5. The Balaban J connectivity index is 1.41. The van der Waals surface area contributed by atoms with E-state index in [1.165, 1.54) is 4.90 Å². The van der Waals surface area contributed by atoms with Crippen LogP contribution >= 0.6 is 0 Å². The highest BCUT2D eigenvalue weighted by molar-refractivity contribution is 6.11. The molecule has 0 aliphatic carbocycles. The van der Waals surface area contributed by atoms with Crippen LogP contribution in [0.1, 0.15) is 38.3 Å². The van der Waals surface area contributed by atoms with Crippen LogP contribution in [0.4, 0.5) is 11.4 Å². The summed E-state index contributed by atoms with van der Waals surface area (Å²) >= 11 is 0. The highest BCUT2D eigenvalue weighted by Gasteiger charge is 2.30. The van der Waals surface area contributed by atoms with Gasteiger partial charge >= 0.3 is 0 Å². The zero-order valence-electron chi connectivity index (χ0n) is 17.7. The lowest BCUT2D eigenvalue weighted by Gasteiger charge is -2.17. The number of rotatable bonds is 6. The van der Waals surface area contributed by atoms with Crippen LogP contribution in [-0.2, 0) is 4.79 Å². The summed E-state index contributed by atoms with van der Waals surface area (Å²) in [6.07, 6.45) is 0.0760. The fraction of sp³-hybridized carbons (Fsp3) is 0.115. The Morgan fingerprint density at radius 1 is 0.906 bits per heavy atom. The van der Waals surface area contributed by atoms with E-state index in [9.17, 15) is 14.4 Å². The molecular formula is C26H23N3O3. The molecule has 0 atom stereocenters. The van der Waals surface area contributed by atoms with Gasteiger partial charge in [0.15, 0.2) is 0 Å². The minimum Gasteiger partial charge on any atom is -0.325 e. The van der Waals surface area contributed by atoms with Crippen molar-refractivity contribution in [3.05, 3.63) is 102 Å². The van der Waals surface area contributed by atoms with Crippen LogP contribution < -0.4 is 10.6 Å². The zero-order valence-corrected chi connectivity index (χ0v) is 17.7. The molecule has 2 N–H and O–H groups in total. The van der Waals surface area contributed by atoms with Gasteiger partial charge in [-0.15, -0.1) is 0 Å². The van der Waals surface area contributed by atoms with Crippen LogP contribution in [0.5, 0.6) is 0 Å². The molecule has 1 heterocycles. The van der Waals surface area contributed by atoms with Gasteiger partial charge < -0.3 is 15.5 Å². The van der Waals surface area contributed by atoms with Gasteiger partial charge in [-0.05, 0) is 42.8 Å². The van der Waals surface area contributed by atoms with Crippen molar-refractivity contribution in [2.24, 2.45) is 0 Å². The predicted octanol–water partition coefficient (Wildman–Crippen LogP) is 4.70. The van der Waals surface area contributed by atoms with Crippen molar-refractivity contribution >= 4 is 34.8 Å². The molecule has 160 valence electrons. The molecule has 0 fully saturated rings. The molecule has 1 aliphatic rings. The maximum absolute atomic E-state index is 12.8. The average Bonchev–Trinajstić information content (AvgIpc) is 3.02. The highest BCUT2D eigenvalue weighted by Crippen LogP contribution is 2.31. The van der Waals surface area contributed by atoms with E-state index in [-0.39, 0.29) is 30.7 Å². The number of benzene rings is 3. The Bertz CT molecular complexity index is 1200. The van der Waals surface area contributed by atoms with Crippen molar-refractivity contribution in [3.8, 4) is 0 Å². The van der Waals surface area contributed by atoms with E-state index >= 15 is 0 Å². The van der Waals surface area contributed by atoms with E-state index in [1.54, 1.807) is 36.4 Å². The molecule has 32 heavy (non-hydrogen) atoms. The Labute approximate surface area is 186 Å². The number of carbonyl (C=O) groups is 3. The summed E-state index contributed by atoms with van der Waals surface area (Å²) in [6, 6.07) is 21.6. The SMILES string of the molecule is C=C1c2ccccc2C(=O)N1CCC(=O)Nc1ccccc1C(=O)Nc1cccc(C)c1. The van der Waals surface area contributed by atoms with Crippen molar-refractivity contribution in [1.82, 2.24) is 4.90 Å². The Hall–Kier alpha value is -4.19. The summed E-state index contributed by atoms with van der Waals surface area (Å²) in [5, 5.41) is 5.65. The lowest BCUT2D eigenvalue weighted by atomic mass is 10.1. The second-order valence-corrected chi connectivity index (χ2v) is 7.62. The van der Waals surface area contributed by atoms with Crippen LogP contribution in [0.15, 0.2) is 79.4 Å². The van der Waals surface area contributed by atoms with E-state index in [1.807, 2.05) is 43.3 Å². The van der Waals surface area contributed by atoms with Crippen molar-refractivity contribution in [2.45, 2.75) is 13.3 Å². The van der Waals surface area contributed by atoms with Gasteiger partial charge in [-0.3, -0.25) is 14.4 Å². The van der Waals surface area contributed by atoms with Gasteiger partial charge in [-0.25, -0.2) is 0 Å². The van der Waals surface area contributed by atoms with Crippen LogP contribution in [-0.4, -0.2) is 29.2 Å². The molecule has 6 heteroatoms. The molecule has 6 nitrogen and oxygen atoms in total. The molecule has 3 amide bonds. The minimum atomic E-state index is -0.315. The van der Waals surface area contributed by atoms with Crippen LogP contribution in [0.25, 0.3) is 5.70 Å². The van der Waals surface area contributed by atoms with E-state index in [0.717, 1.165) is 11.1 Å². The van der Waals surface area contributed by atoms with Gasteiger partial charge in [-0.2, -0.15) is 0 Å². The van der Waals surface area contributed by atoms with Gasteiger partial charge in [0.1, 0.15) is 0 Å². The van der Waals surface area contributed by atoms with E-state index in [0.29, 0.717) is 28.2 Å². The maximum Gasteiger partial charge on any atom is 0.258 e. The Morgan fingerprint density at radius 2 is 1.62 bits per heavy atom. The van der Waals surface area contributed by atoms with Crippen molar-refractivity contribution in [2.75, 3.05) is 17.2 Å². The molecule has 4 rings (SSSR count). The summed E-state index contributed by atoms with van der Waals surface area (Å²) in [5.41, 5.74) is 4.46. The molecule has 0 saturated heterocycles. The molecule has 1 aliphatic heterocycles. The fourth-order valence-corrected chi connectivity index (χ4v) is 3.71. The molecule has 0 saturated carbocycles. The maximum atomic E-state index is 12.8. The second kappa shape index (κ2) is 8.89. The molecule has 3 aromatic carbocycles. The van der Waals surface area contributed by atoms with Crippen LogP contribution in [0.3, 0.4) is 0 Å². The Kier molecular flexibility index (Phi) is 5.85. The second-order valence-electron chi connectivity index (χ2n) is 7.62. The van der Waals surface area contributed by atoms with Crippen LogP contribution in [0, 0.1) is 6.92 Å². The fourth-order valence-electron chi connectivity index (χ4n) is 3.71. The number of anilines is 2. The predicted molar refractivity (Wildman–Crippen MR) is 125 cm³/mol. The third kappa shape index (κ3) is 4.30. The number of nitrogens with zero attached hydrogens (tertiary/aromatic N) is 1. The quantitative estimate of drug-likeness (QED) is 0.601. The van der Waals surface area contributed by atoms with Crippen LogP contribution in [0.2, 0.25) is 0 Å². The zero-order chi connectivity index (χ0) is 22.7. The lowest BCUT2D eigenvalue weighted by Crippen LogP contribution is -2.27. The number of para-hydroxylation sites is 1. The van der Waals surface area contributed by atoms with E-state index in [4.69, 9.17) is 0 Å². The van der Waals surface area contributed by atoms with E-state index < -0.39 is 0 Å². The first kappa shape index (κ1) is 21.1. The number of nitrogens with one attached hydrogen (secondary N) is 2. The summed E-state index contributed by atoms with van der Waals surface area (Å²) in [6.45, 7) is 6.14. The molecule has 0 spiro atoms. The first-order valence-electron chi connectivity index (χ1n) is 10.3. The molecule has 0 bridgehead atoms. The molecule has 0 aromatic heterocycles. The van der Waals surface area contributed by atoms with Gasteiger partial charge in [-0.1, -0.05) is 49.0 Å². The summed E-state index contributed by atoms with van der Waals surface area (Å²) in [5.74, 6) is -0.765. The Morgan fingerprint density at radius 3 is 2.38 bits per heavy atom. The highest BCUT2D eigenvalue weighted by atomic mass is 16.2. The third-order valence-electron chi connectivity index (χ3n) is 5.32. The number of aryl methyl sites for hydroxylation is 1. The smallest absolute Gasteiger partial charge is 0.258 e. The minimum absolute atomic E-state index is 0.0760. The first-order chi connectivity index (χ1) is 15.4. The van der Waals surface area contributed by atoms with Crippen molar-refractivity contribution < 1.29 is 14.4 Å². The average molecular weight is 425 g/mol. The molecule has 0 radical (unpaired) electrons. The van der Waals surface area contributed by atoms with Crippen molar-refractivity contribution in [3.63, 3.8) is 0 Å². The number of hydrogen-bond acceptors (Lipinski definition) is 3. The summed E-state index contributed by atoms with van der Waals surface area (Å²) in [4.78, 5) is 39.5. The van der Waals surface area contributed by atoms with Crippen molar-refractivity contribution in [1.29, 1.82) is 0 Å². The van der Waals surface area contributed by atoms with E-state index in [2.05, 4.69) is 17.2 Å². The standard InChI is InChI=1S/C26H23N3O3/c1-17-8-7-9-19(16-17)27-25(31)22-12-5-6-13-23(22)28-24(30)14-15-29-18(2)20-10-3-4-11-21(20)26(29)32/h3-13,16H,2,14-15H2,1H3,(H,27,31)(H,28,30). The summed E-state index contributed by atoms with van der Waals surface area (Å²) in [7, 11) is 0. The summed E-state index contributed by atoms with van der Waals surface area (Å²) < 4.78 is 0. The van der Waals surface area contributed by atoms with Gasteiger partial charge in [0.2, 0.25) is 5.91 Å². The molecule has 0 unspecified atom stereocenters. The van der Waals surface area contributed by atoms with Gasteiger partial charge in [0, 0.05) is 35.5 Å².